The minimum Gasteiger partial charge on any atom is -0.494 e. The predicted molar refractivity (Wildman–Crippen MR) is 60.3 cm³/mol. The molecule has 1 aromatic rings. The van der Waals surface area contributed by atoms with Gasteiger partial charge in [-0.2, -0.15) is 0 Å². The Hall–Kier alpha value is -0.730. The molecule has 2 nitrogen and oxygen atoms in total. The third-order valence-electron chi connectivity index (χ3n) is 2.38. The van der Waals surface area contributed by atoms with Crippen LogP contribution in [0.25, 0.3) is 0 Å². The van der Waals surface area contributed by atoms with Crippen LogP contribution in [0.15, 0.2) is 18.2 Å². The van der Waals surface area contributed by atoms with Crippen LogP contribution in [0.1, 0.15) is 18.1 Å². The summed E-state index contributed by atoms with van der Waals surface area (Å²) >= 11 is 0. The lowest BCUT2D eigenvalue weighted by Crippen LogP contribution is -2.23. The van der Waals surface area contributed by atoms with Crippen molar-refractivity contribution >= 4 is 12.4 Å². The van der Waals surface area contributed by atoms with Crippen LogP contribution >= 0.6 is 12.4 Å². The first-order chi connectivity index (χ1) is 6.40. The molecule has 1 aliphatic heterocycles. The Morgan fingerprint density at radius 1 is 1.36 bits per heavy atom. The van der Waals surface area contributed by atoms with Gasteiger partial charge in [0.25, 0.3) is 0 Å². The first-order valence-electron chi connectivity index (χ1n) is 4.85. The summed E-state index contributed by atoms with van der Waals surface area (Å²) in [6.07, 6.45) is 1.12. The molecule has 0 saturated carbocycles. The average molecular weight is 214 g/mol. The summed E-state index contributed by atoms with van der Waals surface area (Å²) in [5.74, 6) is 1.00. The first kappa shape index (κ1) is 11.3. The van der Waals surface area contributed by atoms with Gasteiger partial charge in [-0.05, 0) is 43.1 Å². The molecule has 0 amide bonds. The third-order valence-corrected chi connectivity index (χ3v) is 2.38. The van der Waals surface area contributed by atoms with Gasteiger partial charge in [-0.15, -0.1) is 12.4 Å². The summed E-state index contributed by atoms with van der Waals surface area (Å²) in [4.78, 5) is 0. The fraction of sp³-hybridized carbons (Fsp3) is 0.455. The Labute approximate surface area is 91.1 Å². The Morgan fingerprint density at radius 2 is 2.21 bits per heavy atom. The highest BCUT2D eigenvalue weighted by atomic mass is 35.5. The van der Waals surface area contributed by atoms with Crippen molar-refractivity contribution in [2.45, 2.75) is 19.9 Å². The molecular weight excluding hydrogens is 198 g/mol. The zero-order valence-electron chi connectivity index (χ0n) is 8.38. The van der Waals surface area contributed by atoms with E-state index in [0.29, 0.717) is 0 Å². The van der Waals surface area contributed by atoms with E-state index in [0.717, 1.165) is 31.9 Å². The number of rotatable bonds is 2. The Bertz CT molecular complexity index is 301. The molecule has 2 rings (SSSR count). The highest BCUT2D eigenvalue weighted by Gasteiger charge is 2.08. The Balaban J connectivity index is 0.000000980. The van der Waals surface area contributed by atoms with Crippen molar-refractivity contribution in [3.8, 4) is 5.75 Å². The van der Waals surface area contributed by atoms with E-state index in [9.17, 15) is 0 Å². The van der Waals surface area contributed by atoms with Gasteiger partial charge >= 0.3 is 0 Å². The molecule has 0 atom stereocenters. The SMILES string of the molecule is CCOc1ccc2c(c1)CCNC2.Cl. The van der Waals surface area contributed by atoms with Crippen LogP contribution in [0.2, 0.25) is 0 Å². The van der Waals surface area contributed by atoms with Crippen molar-refractivity contribution < 1.29 is 4.74 Å². The fourth-order valence-electron chi connectivity index (χ4n) is 1.71. The van der Waals surface area contributed by atoms with Gasteiger partial charge < -0.3 is 10.1 Å². The van der Waals surface area contributed by atoms with Gasteiger partial charge in [0.1, 0.15) is 5.75 Å². The number of benzene rings is 1. The average Bonchev–Trinajstić information content (AvgIpc) is 2.18. The van der Waals surface area contributed by atoms with Gasteiger partial charge in [0.2, 0.25) is 0 Å². The number of fused-ring (bicyclic) bond motifs is 1. The van der Waals surface area contributed by atoms with E-state index in [-0.39, 0.29) is 12.4 Å². The number of hydrogen-bond acceptors (Lipinski definition) is 2. The quantitative estimate of drug-likeness (QED) is 0.813. The summed E-state index contributed by atoms with van der Waals surface area (Å²) < 4.78 is 5.45. The fourth-order valence-corrected chi connectivity index (χ4v) is 1.71. The summed E-state index contributed by atoms with van der Waals surface area (Å²) in [5, 5.41) is 3.35. The minimum atomic E-state index is 0. The number of nitrogens with one attached hydrogen (secondary N) is 1. The molecule has 1 heterocycles. The van der Waals surface area contributed by atoms with Crippen molar-refractivity contribution in [3.63, 3.8) is 0 Å². The number of halogens is 1. The van der Waals surface area contributed by atoms with Crippen LogP contribution in [0.4, 0.5) is 0 Å². The normalized spacial score (nSPS) is 14.1. The van der Waals surface area contributed by atoms with Crippen molar-refractivity contribution in [2.75, 3.05) is 13.2 Å². The van der Waals surface area contributed by atoms with E-state index >= 15 is 0 Å². The van der Waals surface area contributed by atoms with Gasteiger partial charge in [0.15, 0.2) is 0 Å². The van der Waals surface area contributed by atoms with Gasteiger partial charge in [0, 0.05) is 6.54 Å². The van der Waals surface area contributed by atoms with E-state index in [2.05, 4.69) is 23.5 Å². The maximum atomic E-state index is 5.45. The lowest BCUT2D eigenvalue weighted by atomic mass is 10.0. The smallest absolute Gasteiger partial charge is 0.119 e. The molecule has 0 unspecified atom stereocenters. The van der Waals surface area contributed by atoms with Crippen molar-refractivity contribution in [1.82, 2.24) is 5.32 Å². The molecule has 1 aromatic carbocycles. The molecule has 1 N–H and O–H groups in total. The molecule has 78 valence electrons. The second kappa shape index (κ2) is 5.23. The molecule has 0 saturated heterocycles. The number of ether oxygens (including phenoxy) is 1. The molecule has 0 fully saturated rings. The van der Waals surface area contributed by atoms with E-state index in [1.165, 1.54) is 11.1 Å². The topological polar surface area (TPSA) is 21.3 Å². The molecule has 0 spiro atoms. The second-order valence-corrected chi connectivity index (χ2v) is 3.29. The van der Waals surface area contributed by atoms with Crippen LogP contribution in [0.3, 0.4) is 0 Å². The molecule has 1 aliphatic rings. The Morgan fingerprint density at radius 3 is 3.00 bits per heavy atom. The molecule has 0 bridgehead atoms. The van der Waals surface area contributed by atoms with Gasteiger partial charge in [-0.3, -0.25) is 0 Å². The summed E-state index contributed by atoms with van der Waals surface area (Å²) in [7, 11) is 0. The third kappa shape index (κ3) is 2.40. The highest BCUT2D eigenvalue weighted by molar-refractivity contribution is 5.85. The van der Waals surface area contributed by atoms with Crippen molar-refractivity contribution in [3.05, 3.63) is 29.3 Å². The largest absolute Gasteiger partial charge is 0.494 e. The zero-order valence-corrected chi connectivity index (χ0v) is 9.19. The maximum absolute atomic E-state index is 5.45. The van der Waals surface area contributed by atoms with Crippen LogP contribution in [-0.2, 0) is 13.0 Å². The molecule has 0 aliphatic carbocycles. The summed E-state index contributed by atoms with van der Waals surface area (Å²) in [5.41, 5.74) is 2.85. The molecule has 0 radical (unpaired) electrons. The predicted octanol–water partition coefficient (Wildman–Crippen LogP) is 2.15. The lowest BCUT2D eigenvalue weighted by Gasteiger charge is -2.17. The highest BCUT2D eigenvalue weighted by Crippen LogP contribution is 2.20. The van der Waals surface area contributed by atoms with Crippen LogP contribution < -0.4 is 10.1 Å². The summed E-state index contributed by atoms with van der Waals surface area (Å²) in [6.45, 7) is 4.85. The lowest BCUT2D eigenvalue weighted by molar-refractivity contribution is 0.339. The van der Waals surface area contributed by atoms with Crippen LogP contribution in [0, 0.1) is 0 Å². The monoisotopic (exact) mass is 213 g/mol. The standard InChI is InChI=1S/C11H15NO.ClH/c1-2-13-11-4-3-10-8-12-6-5-9(10)7-11;/h3-4,7,12H,2,5-6,8H2,1H3;1H. The Kier molecular flexibility index (Phi) is 4.23. The second-order valence-electron chi connectivity index (χ2n) is 3.29. The first-order valence-corrected chi connectivity index (χ1v) is 4.85. The maximum Gasteiger partial charge on any atom is 0.119 e. The van der Waals surface area contributed by atoms with E-state index in [4.69, 9.17) is 4.74 Å². The number of hydrogen-bond donors (Lipinski definition) is 1. The molecule has 3 heteroatoms. The molecule has 0 aromatic heterocycles. The van der Waals surface area contributed by atoms with E-state index < -0.39 is 0 Å². The summed E-state index contributed by atoms with van der Waals surface area (Å²) in [6, 6.07) is 6.38. The van der Waals surface area contributed by atoms with Gasteiger partial charge in [-0.25, -0.2) is 0 Å². The van der Waals surface area contributed by atoms with E-state index in [1.54, 1.807) is 0 Å². The van der Waals surface area contributed by atoms with Gasteiger partial charge in [0.05, 0.1) is 6.61 Å². The minimum absolute atomic E-state index is 0. The van der Waals surface area contributed by atoms with Crippen LogP contribution in [0.5, 0.6) is 5.75 Å². The van der Waals surface area contributed by atoms with Gasteiger partial charge in [-0.1, -0.05) is 6.07 Å². The van der Waals surface area contributed by atoms with Crippen molar-refractivity contribution in [2.24, 2.45) is 0 Å². The van der Waals surface area contributed by atoms with Crippen molar-refractivity contribution in [1.29, 1.82) is 0 Å². The molecule has 14 heavy (non-hydrogen) atoms. The zero-order chi connectivity index (χ0) is 9.10. The van der Waals surface area contributed by atoms with Crippen LogP contribution in [-0.4, -0.2) is 13.2 Å². The molecular formula is C11H16ClNO. The van der Waals surface area contributed by atoms with E-state index in [1.807, 2.05) is 6.92 Å².